The lowest BCUT2D eigenvalue weighted by molar-refractivity contribution is -0.131. The van der Waals surface area contributed by atoms with Gasteiger partial charge in [-0.25, -0.2) is 0 Å². The SMILES string of the molecule is Cc1cccc(CN(C)C(=O)C2CC2N)c1. The molecule has 1 fully saturated rings. The molecule has 0 heterocycles. The predicted octanol–water partition coefficient (Wildman–Crippen LogP) is 1.30. The van der Waals surface area contributed by atoms with E-state index >= 15 is 0 Å². The van der Waals surface area contributed by atoms with Crippen molar-refractivity contribution >= 4 is 5.91 Å². The van der Waals surface area contributed by atoms with Gasteiger partial charge in [-0.1, -0.05) is 29.8 Å². The van der Waals surface area contributed by atoms with Crippen molar-refractivity contribution in [3.8, 4) is 0 Å². The van der Waals surface area contributed by atoms with Crippen LogP contribution in [0, 0.1) is 12.8 Å². The molecule has 0 aromatic heterocycles. The van der Waals surface area contributed by atoms with Gasteiger partial charge in [-0.2, -0.15) is 0 Å². The van der Waals surface area contributed by atoms with Crippen molar-refractivity contribution in [3.63, 3.8) is 0 Å². The number of carbonyl (C=O) groups is 1. The number of nitrogens with zero attached hydrogens (tertiary/aromatic N) is 1. The largest absolute Gasteiger partial charge is 0.341 e. The molecular formula is C13H18N2O. The molecule has 0 aliphatic heterocycles. The molecule has 86 valence electrons. The van der Waals surface area contributed by atoms with Gasteiger partial charge in [0, 0.05) is 19.6 Å². The molecule has 2 rings (SSSR count). The summed E-state index contributed by atoms with van der Waals surface area (Å²) in [6, 6.07) is 8.32. The number of aryl methyl sites for hydroxylation is 1. The molecule has 1 aromatic carbocycles. The van der Waals surface area contributed by atoms with Crippen LogP contribution in [-0.2, 0) is 11.3 Å². The standard InChI is InChI=1S/C13H18N2O/c1-9-4-3-5-10(6-9)8-15(2)13(16)11-7-12(11)14/h3-6,11-12H,7-8,14H2,1-2H3. The summed E-state index contributed by atoms with van der Waals surface area (Å²) in [5.74, 6) is 0.240. The van der Waals surface area contributed by atoms with Gasteiger partial charge >= 0.3 is 0 Å². The molecule has 2 atom stereocenters. The maximum Gasteiger partial charge on any atom is 0.227 e. The Morgan fingerprint density at radius 3 is 2.81 bits per heavy atom. The van der Waals surface area contributed by atoms with E-state index in [1.54, 1.807) is 4.90 Å². The highest BCUT2D eigenvalue weighted by Gasteiger charge is 2.41. The van der Waals surface area contributed by atoms with Gasteiger partial charge < -0.3 is 10.6 Å². The summed E-state index contributed by atoms with van der Waals surface area (Å²) in [5.41, 5.74) is 8.07. The minimum atomic E-state index is 0.0646. The lowest BCUT2D eigenvalue weighted by Crippen LogP contribution is -2.29. The van der Waals surface area contributed by atoms with Crippen LogP contribution in [0.15, 0.2) is 24.3 Å². The number of amides is 1. The summed E-state index contributed by atoms with van der Waals surface area (Å²) in [4.78, 5) is 13.6. The van der Waals surface area contributed by atoms with Gasteiger partial charge in [0.2, 0.25) is 5.91 Å². The molecule has 1 saturated carbocycles. The zero-order valence-electron chi connectivity index (χ0n) is 9.81. The smallest absolute Gasteiger partial charge is 0.227 e. The Bertz CT molecular complexity index is 403. The second-order valence-electron chi connectivity index (χ2n) is 4.69. The summed E-state index contributed by atoms with van der Waals surface area (Å²) in [5, 5.41) is 0. The zero-order chi connectivity index (χ0) is 11.7. The molecule has 16 heavy (non-hydrogen) atoms. The van der Waals surface area contributed by atoms with Gasteiger partial charge in [-0.3, -0.25) is 4.79 Å². The number of carbonyl (C=O) groups excluding carboxylic acids is 1. The minimum Gasteiger partial charge on any atom is -0.341 e. The zero-order valence-corrected chi connectivity index (χ0v) is 9.81. The number of hydrogen-bond donors (Lipinski definition) is 1. The monoisotopic (exact) mass is 218 g/mol. The van der Waals surface area contributed by atoms with E-state index < -0.39 is 0 Å². The highest BCUT2D eigenvalue weighted by atomic mass is 16.2. The summed E-state index contributed by atoms with van der Waals surface area (Å²) < 4.78 is 0. The molecule has 3 heteroatoms. The lowest BCUT2D eigenvalue weighted by atomic mass is 10.1. The van der Waals surface area contributed by atoms with E-state index in [1.165, 1.54) is 11.1 Å². The molecule has 0 bridgehead atoms. The quantitative estimate of drug-likeness (QED) is 0.831. The van der Waals surface area contributed by atoms with E-state index in [4.69, 9.17) is 5.73 Å². The van der Waals surface area contributed by atoms with Crippen molar-refractivity contribution in [2.75, 3.05) is 7.05 Å². The van der Waals surface area contributed by atoms with Crippen molar-refractivity contribution in [1.29, 1.82) is 0 Å². The van der Waals surface area contributed by atoms with Crippen molar-refractivity contribution in [2.24, 2.45) is 11.7 Å². The Hall–Kier alpha value is -1.35. The van der Waals surface area contributed by atoms with Crippen LogP contribution in [0.25, 0.3) is 0 Å². The van der Waals surface area contributed by atoms with Gasteiger partial charge in [0.15, 0.2) is 0 Å². The van der Waals surface area contributed by atoms with E-state index in [0.717, 1.165) is 6.42 Å². The summed E-state index contributed by atoms with van der Waals surface area (Å²) >= 11 is 0. The van der Waals surface area contributed by atoms with Crippen LogP contribution < -0.4 is 5.73 Å². The molecule has 2 N–H and O–H groups in total. The normalized spacial score (nSPS) is 22.9. The summed E-state index contributed by atoms with van der Waals surface area (Å²) in [6.45, 7) is 2.73. The minimum absolute atomic E-state index is 0.0646. The molecule has 0 spiro atoms. The molecule has 0 saturated heterocycles. The highest BCUT2D eigenvalue weighted by Crippen LogP contribution is 2.29. The van der Waals surface area contributed by atoms with Crippen molar-refractivity contribution < 1.29 is 4.79 Å². The topological polar surface area (TPSA) is 46.3 Å². The fourth-order valence-corrected chi connectivity index (χ4v) is 1.94. The molecule has 3 nitrogen and oxygen atoms in total. The van der Waals surface area contributed by atoms with E-state index in [0.29, 0.717) is 6.54 Å². The van der Waals surface area contributed by atoms with Gasteiger partial charge in [0.25, 0.3) is 0 Å². The van der Waals surface area contributed by atoms with Crippen LogP contribution in [0.4, 0.5) is 0 Å². The average Bonchev–Trinajstić information content (AvgIpc) is 2.94. The maximum absolute atomic E-state index is 11.9. The molecule has 1 aromatic rings. The Balaban J connectivity index is 1.96. The molecule has 2 unspecified atom stereocenters. The van der Waals surface area contributed by atoms with E-state index in [2.05, 4.69) is 19.1 Å². The maximum atomic E-state index is 11.9. The number of benzene rings is 1. The second-order valence-corrected chi connectivity index (χ2v) is 4.69. The third-order valence-corrected chi connectivity index (χ3v) is 3.04. The first-order chi connectivity index (χ1) is 7.58. The molecule has 1 amide bonds. The van der Waals surface area contributed by atoms with Crippen LogP contribution >= 0.6 is 0 Å². The van der Waals surface area contributed by atoms with Gasteiger partial charge in [-0.05, 0) is 18.9 Å². The van der Waals surface area contributed by atoms with Crippen LogP contribution in [0.1, 0.15) is 17.5 Å². The first-order valence-electron chi connectivity index (χ1n) is 5.64. The van der Waals surface area contributed by atoms with Gasteiger partial charge in [0.1, 0.15) is 0 Å². The average molecular weight is 218 g/mol. The van der Waals surface area contributed by atoms with Crippen LogP contribution in [0.5, 0.6) is 0 Å². The first-order valence-corrected chi connectivity index (χ1v) is 5.64. The van der Waals surface area contributed by atoms with Crippen LogP contribution in [-0.4, -0.2) is 23.9 Å². The van der Waals surface area contributed by atoms with Crippen LogP contribution in [0.3, 0.4) is 0 Å². The number of hydrogen-bond acceptors (Lipinski definition) is 2. The van der Waals surface area contributed by atoms with E-state index in [1.807, 2.05) is 19.2 Å². The Labute approximate surface area is 96.2 Å². The molecular weight excluding hydrogens is 200 g/mol. The van der Waals surface area contributed by atoms with Crippen LogP contribution in [0.2, 0.25) is 0 Å². The van der Waals surface area contributed by atoms with Crippen molar-refractivity contribution in [2.45, 2.75) is 25.9 Å². The number of rotatable bonds is 3. The van der Waals surface area contributed by atoms with Gasteiger partial charge in [-0.15, -0.1) is 0 Å². The summed E-state index contributed by atoms with van der Waals surface area (Å²) in [7, 11) is 1.84. The second kappa shape index (κ2) is 4.26. The molecule has 1 aliphatic rings. The molecule has 0 radical (unpaired) electrons. The first kappa shape index (κ1) is 11.1. The molecule has 1 aliphatic carbocycles. The Kier molecular flexibility index (Phi) is 2.97. The highest BCUT2D eigenvalue weighted by molar-refractivity contribution is 5.82. The third kappa shape index (κ3) is 2.42. The third-order valence-electron chi connectivity index (χ3n) is 3.04. The Morgan fingerprint density at radius 1 is 1.56 bits per heavy atom. The van der Waals surface area contributed by atoms with Gasteiger partial charge in [0.05, 0.1) is 5.92 Å². The van der Waals surface area contributed by atoms with E-state index in [-0.39, 0.29) is 17.9 Å². The fraction of sp³-hybridized carbons (Fsp3) is 0.462. The van der Waals surface area contributed by atoms with E-state index in [9.17, 15) is 4.79 Å². The van der Waals surface area contributed by atoms with Crippen molar-refractivity contribution in [3.05, 3.63) is 35.4 Å². The lowest BCUT2D eigenvalue weighted by Gasteiger charge is -2.17. The van der Waals surface area contributed by atoms with Crippen molar-refractivity contribution in [1.82, 2.24) is 4.90 Å². The predicted molar refractivity (Wildman–Crippen MR) is 63.7 cm³/mol. The fourth-order valence-electron chi connectivity index (χ4n) is 1.94. The Morgan fingerprint density at radius 2 is 2.25 bits per heavy atom. The summed E-state index contributed by atoms with van der Waals surface area (Å²) in [6.07, 6.45) is 0.844. The number of nitrogens with two attached hydrogens (primary N) is 1.